The van der Waals surface area contributed by atoms with Crippen LogP contribution in [0.4, 0.5) is 0 Å². The van der Waals surface area contributed by atoms with Crippen molar-refractivity contribution < 1.29 is 13.2 Å². The molecule has 0 aliphatic heterocycles. The molecule has 0 radical (unpaired) electrons. The van der Waals surface area contributed by atoms with E-state index in [-0.39, 0.29) is 24.0 Å². The van der Waals surface area contributed by atoms with Crippen molar-refractivity contribution in [2.75, 3.05) is 20.1 Å². The van der Waals surface area contributed by atoms with E-state index >= 15 is 0 Å². The fourth-order valence-corrected chi connectivity index (χ4v) is 2.64. The van der Waals surface area contributed by atoms with E-state index in [2.05, 4.69) is 15.3 Å². The molecule has 0 aliphatic carbocycles. The lowest BCUT2D eigenvalue weighted by atomic mass is 10.5. The van der Waals surface area contributed by atoms with Gasteiger partial charge in [-0.05, 0) is 6.92 Å². The summed E-state index contributed by atoms with van der Waals surface area (Å²) in [4.78, 5) is 17.7. The second kappa shape index (κ2) is 5.28. The van der Waals surface area contributed by atoms with Crippen LogP contribution < -0.4 is 5.32 Å². The summed E-state index contributed by atoms with van der Waals surface area (Å²) in [6, 6.07) is 0. The second-order valence-electron chi connectivity index (χ2n) is 3.44. The van der Waals surface area contributed by atoms with Crippen molar-refractivity contribution in [3.63, 3.8) is 0 Å². The van der Waals surface area contributed by atoms with Crippen LogP contribution in [0.25, 0.3) is 0 Å². The summed E-state index contributed by atoms with van der Waals surface area (Å²) < 4.78 is 25.3. The molecule has 0 aliphatic rings. The number of likely N-dealkylation sites (N-methyl/N-ethyl adjacent to an activating group) is 2. The average molecular weight is 260 g/mol. The number of sulfonamides is 1. The van der Waals surface area contributed by atoms with Crippen molar-refractivity contribution in [1.82, 2.24) is 19.6 Å². The Morgan fingerprint density at radius 3 is 2.65 bits per heavy atom. The summed E-state index contributed by atoms with van der Waals surface area (Å²) in [6.07, 6.45) is 1.25. The highest BCUT2D eigenvalue weighted by molar-refractivity contribution is 7.89. The van der Waals surface area contributed by atoms with E-state index in [0.29, 0.717) is 5.82 Å². The molecular formula is C9H16N4O3S. The first kappa shape index (κ1) is 13.7. The van der Waals surface area contributed by atoms with Crippen molar-refractivity contribution in [2.45, 2.75) is 18.9 Å². The Morgan fingerprint density at radius 1 is 1.59 bits per heavy atom. The Labute approximate surface area is 100 Å². The van der Waals surface area contributed by atoms with Crippen LogP contribution in [0.5, 0.6) is 0 Å². The van der Waals surface area contributed by atoms with Crippen molar-refractivity contribution in [3.8, 4) is 0 Å². The quantitative estimate of drug-likeness (QED) is 0.744. The van der Waals surface area contributed by atoms with E-state index in [0.717, 1.165) is 4.31 Å². The number of hydrogen-bond acceptors (Lipinski definition) is 4. The maximum Gasteiger partial charge on any atom is 0.260 e. The number of aromatic amines is 1. The van der Waals surface area contributed by atoms with E-state index in [9.17, 15) is 13.2 Å². The molecule has 0 saturated heterocycles. The van der Waals surface area contributed by atoms with Crippen LogP contribution in [0.15, 0.2) is 11.2 Å². The van der Waals surface area contributed by atoms with Crippen LogP contribution in [-0.2, 0) is 14.8 Å². The van der Waals surface area contributed by atoms with Gasteiger partial charge in [-0.25, -0.2) is 13.4 Å². The Hall–Kier alpha value is -1.41. The third-order valence-corrected chi connectivity index (χ3v) is 4.08. The van der Waals surface area contributed by atoms with Crippen LogP contribution in [0.2, 0.25) is 0 Å². The smallest absolute Gasteiger partial charge is 0.260 e. The van der Waals surface area contributed by atoms with Crippen molar-refractivity contribution in [1.29, 1.82) is 0 Å². The molecule has 1 amide bonds. The predicted octanol–water partition coefficient (Wildman–Crippen LogP) is -0.525. The van der Waals surface area contributed by atoms with Gasteiger partial charge in [-0.3, -0.25) is 4.79 Å². The van der Waals surface area contributed by atoms with E-state index < -0.39 is 10.0 Å². The Bertz CT molecular complexity index is 494. The highest BCUT2D eigenvalue weighted by Gasteiger charge is 2.26. The lowest BCUT2D eigenvalue weighted by molar-refractivity contribution is -0.120. The molecule has 1 aromatic heterocycles. The third-order valence-electron chi connectivity index (χ3n) is 2.25. The van der Waals surface area contributed by atoms with Crippen LogP contribution in [0.3, 0.4) is 0 Å². The zero-order valence-electron chi connectivity index (χ0n) is 10.0. The molecule has 0 aromatic carbocycles. The second-order valence-corrected chi connectivity index (χ2v) is 5.34. The topological polar surface area (TPSA) is 95.2 Å². The van der Waals surface area contributed by atoms with Crippen LogP contribution in [-0.4, -0.2) is 48.7 Å². The maximum atomic E-state index is 12.1. The zero-order valence-corrected chi connectivity index (χ0v) is 10.8. The minimum atomic E-state index is -3.68. The molecule has 0 atom stereocenters. The van der Waals surface area contributed by atoms with Gasteiger partial charge in [0.1, 0.15) is 5.82 Å². The minimum Gasteiger partial charge on any atom is -0.358 e. The van der Waals surface area contributed by atoms with Crippen LogP contribution >= 0.6 is 0 Å². The largest absolute Gasteiger partial charge is 0.358 e. The molecular weight excluding hydrogens is 244 g/mol. The summed E-state index contributed by atoms with van der Waals surface area (Å²) in [6.45, 7) is 3.35. The molecule has 0 bridgehead atoms. The molecule has 0 spiro atoms. The number of imidazole rings is 1. The predicted molar refractivity (Wildman–Crippen MR) is 61.8 cm³/mol. The summed E-state index contributed by atoms with van der Waals surface area (Å²) in [7, 11) is -2.22. The number of nitrogens with zero attached hydrogens (tertiary/aromatic N) is 2. The van der Waals surface area contributed by atoms with Gasteiger partial charge in [-0.1, -0.05) is 6.92 Å². The molecule has 2 N–H and O–H groups in total. The number of carbonyl (C=O) groups is 1. The van der Waals surface area contributed by atoms with Gasteiger partial charge >= 0.3 is 0 Å². The van der Waals surface area contributed by atoms with E-state index in [1.165, 1.54) is 13.2 Å². The molecule has 1 rings (SSSR count). The fourth-order valence-electron chi connectivity index (χ4n) is 1.27. The van der Waals surface area contributed by atoms with Gasteiger partial charge in [0.2, 0.25) is 5.91 Å². The summed E-state index contributed by atoms with van der Waals surface area (Å²) in [5.41, 5.74) is 0. The normalized spacial score (nSPS) is 11.8. The van der Waals surface area contributed by atoms with Gasteiger partial charge in [0.05, 0.1) is 12.7 Å². The highest BCUT2D eigenvalue weighted by Crippen LogP contribution is 2.12. The SMILES string of the molecule is CCN(CC(=O)NC)S(=O)(=O)c1cnc(C)[nH]1. The van der Waals surface area contributed by atoms with E-state index in [1.807, 2.05) is 0 Å². The molecule has 96 valence electrons. The molecule has 1 heterocycles. The van der Waals surface area contributed by atoms with Gasteiger partial charge in [-0.15, -0.1) is 0 Å². The van der Waals surface area contributed by atoms with Gasteiger partial charge in [0, 0.05) is 13.6 Å². The average Bonchev–Trinajstić information content (AvgIpc) is 2.72. The van der Waals surface area contributed by atoms with Gasteiger partial charge in [0.25, 0.3) is 10.0 Å². The van der Waals surface area contributed by atoms with Crippen LogP contribution in [0.1, 0.15) is 12.7 Å². The van der Waals surface area contributed by atoms with Crippen molar-refractivity contribution in [2.24, 2.45) is 0 Å². The number of amides is 1. The standard InChI is InChI=1S/C9H16N4O3S/c1-4-13(6-8(14)10-3)17(15,16)9-5-11-7(2)12-9/h5H,4,6H2,1-3H3,(H,10,14)(H,11,12). The summed E-state index contributed by atoms with van der Waals surface area (Å²) in [5, 5.41) is 2.39. The van der Waals surface area contributed by atoms with Gasteiger partial charge < -0.3 is 10.3 Å². The number of H-pyrrole nitrogens is 1. The van der Waals surface area contributed by atoms with E-state index in [1.54, 1.807) is 13.8 Å². The monoisotopic (exact) mass is 260 g/mol. The number of hydrogen-bond donors (Lipinski definition) is 2. The Balaban J connectivity index is 2.98. The number of rotatable bonds is 5. The number of aromatic nitrogens is 2. The number of aryl methyl sites for hydroxylation is 1. The van der Waals surface area contributed by atoms with Gasteiger partial charge in [0.15, 0.2) is 5.03 Å². The number of nitrogens with one attached hydrogen (secondary N) is 2. The van der Waals surface area contributed by atoms with Gasteiger partial charge in [-0.2, -0.15) is 4.31 Å². The Morgan fingerprint density at radius 2 is 2.24 bits per heavy atom. The highest BCUT2D eigenvalue weighted by atomic mass is 32.2. The summed E-state index contributed by atoms with van der Waals surface area (Å²) >= 11 is 0. The first-order valence-electron chi connectivity index (χ1n) is 5.14. The first-order chi connectivity index (χ1) is 7.91. The lowest BCUT2D eigenvalue weighted by Gasteiger charge is -2.18. The zero-order chi connectivity index (χ0) is 13.1. The molecule has 17 heavy (non-hydrogen) atoms. The molecule has 0 unspecified atom stereocenters. The maximum absolute atomic E-state index is 12.1. The summed E-state index contributed by atoms with van der Waals surface area (Å²) in [5.74, 6) is 0.159. The van der Waals surface area contributed by atoms with Crippen molar-refractivity contribution >= 4 is 15.9 Å². The van der Waals surface area contributed by atoms with Crippen molar-refractivity contribution in [3.05, 3.63) is 12.0 Å². The van der Waals surface area contributed by atoms with E-state index in [4.69, 9.17) is 0 Å². The molecule has 8 heteroatoms. The molecule has 7 nitrogen and oxygen atoms in total. The minimum absolute atomic E-state index is 0.000697. The Kier molecular flexibility index (Phi) is 4.24. The fraction of sp³-hybridized carbons (Fsp3) is 0.556. The first-order valence-corrected chi connectivity index (χ1v) is 6.58. The van der Waals surface area contributed by atoms with Crippen LogP contribution in [0, 0.1) is 6.92 Å². The molecule has 0 fully saturated rings. The third kappa shape index (κ3) is 3.04. The lowest BCUT2D eigenvalue weighted by Crippen LogP contribution is -2.39. The number of carbonyl (C=O) groups excluding carboxylic acids is 1. The molecule has 1 aromatic rings. The molecule has 0 saturated carbocycles.